The van der Waals surface area contributed by atoms with Crippen molar-refractivity contribution in [3.05, 3.63) is 82.5 Å². The van der Waals surface area contributed by atoms with Gasteiger partial charge in [0.05, 0.1) is 12.8 Å². The van der Waals surface area contributed by atoms with Crippen molar-refractivity contribution < 1.29 is 9.53 Å². The summed E-state index contributed by atoms with van der Waals surface area (Å²) in [5, 5.41) is 2.10. The van der Waals surface area contributed by atoms with Crippen LogP contribution in [0.3, 0.4) is 0 Å². The number of rotatable bonds is 5. The van der Waals surface area contributed by atoms with Gasteiger partial charge in [-0.2, -0.15) is 0 Å². The SMILES string of the molecule is COc1ccccc1Cc1cc(C(=O)N2CCC[C@@](C)(c3nc(C)n4ccsc34)C2)ccn1. The van der Waals surface area contributed by atoms with Crippen LogP contribution in [0.4, 0.5) is 0 Å². The van der Waals surface area contributed by atoms with Crippen LogP contribution in [0.1, 0.15) is 52.9 Å². The number of hydrogen-bond donors (Lipinski definition) is 0. The van der Waals surface area contributed by atoms with Gasteiger partial charge >= 0.3 is 0 Å². The van der Waals surface area contributed by atoms with E-state index < -0.39 is 0 Å². The normalized spacial score (nSPS) is 18.6. The van der Waals surface area contributed by atoms with Crippen molar-refractivity contribution in [2.45, 2.75) is 38.5 Å². The number of ether oxygens (including phenoxy) is 1. The van der Waals surface area contributed by atoms with Crippen molar-refractivity contribution in [3.63, 3.8) is 0 Å². The third-order valence-corrected chi connectivity index (χ3v) is 7.49. The van der Waals surface area contributed by atoms with E-state index in [0.29, 0.717) is 18.5 Å². The molecule has 0 bridgehead atoms. The number of carbonyl (C=O) groups excluding carboxylic acids is 1. The number of pyridine rings is 1. The van der Waals surface area contributed by atoms with E-state index in [-0.39, 0.29) is 11.3 Å². The smallest absolute Gasteiger partial charge is 0.254 e. The molecule has 1 atom stereocenters. The number of amides is 1. The van der Waals surface area contributed by atoms with Crippen LogP contribution in [-0.4, -0.2) is 45.4 Å². The molecule has 33 heavy (non-hydrogen) atoms. The van der Waals surface area contributed by atoms with Crippen LogP contribution >= 0.6 is 11.3 Å². The van der Waals surface area contributed by atoms with Crippen molar-refractivity contribution in [3.8, 4) is 5.75 Å². The minimum Gasteiger partial charge on any atom is -0.496 e. The van der Waals surface area contributed by atoms with Crippen molar-refractivity contribution in [1.29, 1.82) is 0 Å². The maximum atomic E-state index is 13.5. The number of nitrogens with zero attached hydrogens (tertiary/aromatic N) is 4. The molecule has 3 aromatic heterocycles. The molecule has 1 aliphatic rings. The van der Waals surface area contributed by atoms with Crippen LogP contribution in [0.25, 0.3) is 4.83 Å². The molecule has 7 heteroatoms. The number of fused-ring (bicyclic) bond motifs is 1. The summed E-state index contributed by atoms with van der Waals surface area (Å²) in [5.74, 6) is 1.89. The predicted molar refractivity (Wildman–Crippen MR) is 130 cm³/mol. The lowest BCUT2D eigenvalue weighted by Gasteiger charge is -2.39. The summed E-state index contributed by atoms with van der Waals surface area (Å²) in [6, 6.07) is 11.7. The highest BCUT2D eigenvalue weighted by Gasteiger charge is 2.38. The molecule has 0 N–H and O–H groups in total. The van der Waals surface area contributed by atoms with Crippen LogP contribution in [0.15, 0.2) is 54.2 Å². The van der Waals surface area contributed by atoms with Crippen molar-refractivity contribution in [2.24, 2.45) is 0 Å². The zero-order chi connectivity index (χ0) is 23.0. The number of thiazole rings is 1. The summed E-state index contributed by atoms with van der Waals surface area (Å²) in [5.41, 5.74) is 3.54. The molecule has 0 saturated carbocycles. The number of aryl methyl sites for hydroxylation is 1. The summed E-state index contributed by atoms with van der Waals surface area (Å²) in [4.78, 5) is 26.1. The lowest BCUT2D eigenvalue weighted by atomic mass is 9.79. The average molecular weight is 461 g/mol. The Labute approximate surface area is 197 Å². The van der Waals surface area contributed by atoms with E-state index in [0.717, 1.165) is 47.9 Å². The number of likely N-dealkylation sites (tertiary alicyclic amines) is 1. The molecule has 1 aliphatic heterocycles. The second kappa shape index (κ2) is 8.63. The number of carbonyl (C=O) groups is 1. The molecule has 4 aromatic rings. The van der Waals surface area contributed by atoms with Crippen molar-refractivity contribution >= 4 is 22.1 Å². The Morgan fingerprint density at radius 1 is 1.27 bits per heavy atom. The minimum atomic E-state index is -0.161. The molecule has 0 radical (unpaired) electrons. The van der Waals surface area contributed by atoms with Crippen molar-refractivity contribution in [2.75, 3.05) is 20.2 Å². The van der Waals surface area contributed by atoms with Crippen LogP contribution in [0.5, 0.6) is 5.75 Å². The zero-order valence-electron chi connectivity index (χ0n) is 19.2. The standard InChI is InChI=1S/C26H28N4O2S/c1-18-28-23(25-30(18)13-14-33-25)26(2)10-6-12-29(17-26)24(31)20-9-11-27-21(16-20)15-19-7-4-5-8-22(19)32-3/h4-5,7-9,11,13-14,16H,6,10,12,15,17H2,1-3H3/t26-/m1/s1. The van der Waals surface area contributed by atoms with E-state index in [1.165, 1.54) is 4.83 Å². The van der Waals surface area contributed by atoms with Gasteiger partial charge in [-0.3, -0.25) is 14.2 Å². The number of methoxy groups -OCH3 is 1. The largest absolute Gasteiger partial charge is 0.496 e. The Hall–Kier alpha value is -3.19. The first-order chi connectivity index (χ1) is 16.0. The molecule has 1 aromatic carbocycles. The topological polar surface area (TPSA) is 59.7 Å². The fourth-order valence-corrected chi connectivity index (χ4v) is 5.92. The number of benzene rings is 1. The third kappa shape index (κ3) is 4.02. The highest BCUT2D eigenvalue weighted by atomic mass is 32.1. The Morgan fingerprint density at radius 3 is 2.97 bits per heavy atom. The molecule has 4 heterocycles. The second-order valence-corrected chi connectivity index (χ2v) is 9.90. The molecule has 1 amide bonds. The predicted octanol–water partition coefficient (Wildman–Crippen LogP) is 4.89. The number of aromatic nitrogens is 3. The molecule has 5 rings (SSSR count). The number of piperidine rings is 1. The van der Waals surface area contributed by atoms with E-state index in [1.54, 1.807) is 24.6 Å². The van der Waals surface area contributed by atoms with Crippen LogP contribution in [0, 0.1) is 6.92 Å². The molecule has 6 nitrogen and oxygen atoms in total. The van der Waals surface area contributed by atoms with Crippen molar-refractivity contribution in [1.82, 2.24) is 19.3 Å². The highest BCUT2D eigenvalue weighted by Crippen LogP contribution is 2.37. The van der Waals surface area contributed by atoms with Gasteiger partial charge in [-0.05, 0) is 38.0 Å². The summed E-state index contributed by atoms with van der Waals surface area (Å²) in [6.07, 6.45) is 6.41. The van der Waals surface area contributed by atoms with Gasteiger partial charge in [0.25, 0.3) is 5.91 Å². The Bertz CT molecular complexity index is 1310. The summed E-state index contributed by atoms with van der Waals surface area (Å²) in [7, 11) is 1.67. The quantitative estimate of drug-likeness (QED) is 0.425. The van der Waals surface area contributed by atoms with Gasteiger partial charge < -0.3 is 9.64 Å². The Kier molecular flexibility index (Phi) is 5.66. The van der Waals surface area contributed by atoms with E-state index >= 15 is 0 Å². The van der Waals surface area contributed by atoms with Gasteiger partial charge in [-0.25, -0.2) is 4.98 Å². The summed E-state index contributed by atoms with van der Waals surface area (Å²) in [6.45, 7) is 5.71. The summed E-state index contributed by atoms with van der Waals surface area (Å²) >= 11 is 1.72. The third-order valence-electron chi connectivity index (χ3n) is 6.62. The van der Waals surface area contributed by atoms with Crippen LogP contribution < -0.4 is 4.74 Å². The molecule has 0 aliphatic carbocycles. The molecule has 1 fully saturated rings. The molecular formula is C26H28N4O2S. The van der Waals surface area contributed by atoms with Crippen LogP contribution in [-0.2, 0) is 11.8 Å². The highest BCUT2D eigenvalue weighted by molar-refractivity contribution is 7.15. The summed E-state index contributed by atoms with van der Waals surface area (Å²) < 4.78 is 7.62. The fraction of sp³-hybridized carbons (Fsp3) is 0.346. The Balaban J connectivity index is 1.38. The van der Waals surface area contributed by atoms with Gasteiger partial charge in [-0.1, -0.05) is 25.1 Å². The van der Waals surface area contributed by atoms with Gasteiger partial charge in [-0.15, -0.1) is 11.3 Å². The Morgan fingerprint density at radius 2 is 2.12 bits per heavy atom. The molecule has 0 spiro atoms. The number of imidazole rings is 1. The first-order valence-electron chi connectivity index (χ1n) is 11.3. The first kappa shape index (κ1) is 21.6. The maximum Gasteiger partial charge on any atom is 0.254 e. The van der Waals surface area contributed by atoms with E-state index in [1.807, 2.05) is 48.2 Å². The van der Waals surface area contributed by atoms with Gasteiger partial charge in [0, 0.05) is 59.5 Å². The maximum absolute atomic E-state index is 13.5. The molecular weight excluding hydrogens is 432 g/mol. The second-order valence-electron chi connectivity index (χ2n) is 9.00. The van der Waals surface area contributed by atoms with Gasteiger partial charge in [0.2, 0.25) is 0 Å². The lowest BCUT2D eigenvalue weighted by Crippen LogP contribution is -2.47. The molecule has 170 valence electrons. The minimum absolute atomic E-state index is 0.0583. The molecule has 0 unspecified atom stereocenters. The van der Waals surface area contributed by atoms with E-state index in [9.17, 15) is 4.79 Å². The number of para-hydroxylation sites is 1. The van der Waals surface area contributed by atoms with Gasteiger partial charge in [0.15, 0.2) is 0 Å². The fourth-order valence-electron chi connectivity index (χ4n) is 4.90. The van der Waals surface area contributed by atoms with E-state index in [2.05, 4.69) is 27.9 Å². The van der Waals surface area contributed by atoms with Gasteiger partial charge in [0.1, 0.15) is 16.4 Å². The lowest BCUT2D eigenvalue weighted by molar-refractivity contribution is 0.0649. The van der Waals surface area contributed by atoms with Crippen LogP contribution in [0.2, 0.25) is 0 Å². The van der Waals surface area contributed by atoms with E-state index in [4.69, 9.17) is 9.72 Å². The monoisotopic (exact) mass is 460 g/mol. The number of hydrogen-bond acceptors (Lipinski definition) is 5. The zero-order valence-corrected chi connectivity index (χ0v) is 20.1. The molecule has 1 saturated heterocycles. The first-order valence-corrected chi connectivity index (χ1v) is 12.2. The average Bonchev–Trinajstić information content (AvgIpc) is 3.43.